The highest BCUT2D eigenvalue weighted by Crippen LogP contribution is 2.30. The lowest BCUT2D eigenvalue weighted by Gasteiger charge is -2.36. The Bertz CT molecular complexity index is 1000. The van der Waals surface area contributed by atoms with Crippen LogP contribution in [-0.2, 0) is 0 Å². The first kappa shape index (κ1) is 17.5. The van der Waals surface area contributed by atoms with Crippen LogP contribution in [0.2, 0.25) is 0 Å². The molecular formula is C20H19N3O3S. The van der Waals surface area contributed by atoms with E-state index in [-0.39, 0.29) is 11.3 Å². The normalized spacial score (nSPS) is 14.6. The number of carboxylic acid groups (broad SMARTS) is 1. The molecule has 4 rings (SSSR count). The first-order valence-corrected chi connectivity index (χ1v) is 9.58. The van der Waals surface area contributed by atoms with Crippen molar-refractivity contribution in [2.24, 2.45) is 0 Å². The van der Waals surface area contributed by atoms with E-state index in [9.17, 15) is 9.59 Å². The number of anilines is 2. The number of aromatic carboxylic acids is 1. The summed E-state index contributed by atoms with van der Waals surface area (Å²) in [7, 11) is 0. The Balaban J connectivity index is 1.46. The number of carboxylic acids is 1. The fraction of sp³-hybridized carbons (Fsp3) is 0.250. The molecule has 3 aromatic rings. The minimum atomic E-state index is -0.920. The SMILES string of the molecule is CC(=O)c1ccc(N2CCN(c3nc4ccc(C(=O)O)cc4s3)CC2)cc1. The number of Topliss-reactive ketones (excluding diaryl/α,β-unsaturated/α-hetero) is 1. The van der Waals surface area contributed by atoms with Gasteiger partial charge in [-0.1, -0.05) is 11.3 Å². The zero-order valence-corrected chi connectivity index (χ0v) is 15.7. The number of rotatable bonds is 4. The van der Waals surface area contributed by atoms with Gasteiger partial charge in [-0.05, 0) is 49.4 Å². The quantitative estimate of drug-likeness (QED) is 0.697. The fourth-order valence-corrected chi connectivity index (χ4v) is 4.30. The Morgan fingerprint density at radius 2 is 1.59 bits per heavy atom. The molecule has 1 aliphatic heterocycles. The minimum Gasteiger partial charge on any atom is -0.478 e. The molecule has 1 aromatic heterocycles. The standard InChI is InChI=1S/C20H19N3O3S/c1-13(24)14-2-5-16(6-3-14)22-8-10-23(11-9-22)20-21-17-7-4-15(19(25)26)12-18(17)27-20/h2-7,12H,8-11H2,1H3,(H,25,26). The predicted molar refractivity (Wildman–Crippen MR) is 107 cm³/mol. The molecule has 1 N–H and O–H groups in total. The third-order valence-electron chi connectivity index (χ3n) is 4.81. The summed E-state index contributed by atoms with van der Waals surface area (Å²) in [4.78, 5) is 31.7. The van der Waals surface area contributed by atoms with Gasteiger partial charge in [-0.15, -0.1) is 0 Å². The van der Waals surface area contributed by atoms with E-state index in [0.29, 0.717) is 0 Å². The molecule has 0 saturated carbocycles. The molecule has 27 heavy (non-hydrogen) atoms. The summed E-state index contributed by atoms with van der Waals surface area (Å²) in [6.45, 7) is 5.01. The van der Waals surface area contributed by atoms with Crippen molar-refractivity contribution in [3.8, 4) is 0 Å². The van der Waals surface area contributed by atoms with E-state index in [2.05, 4.69) is 14.8 Å². The molecule has 0 unspecified atom stereocenters. The number of piperazine rings is 1. The molecule has 2 heterocycles. The van der Waals surface area contributed by atoms with E-state index >= 15 is 0 Å². The molecule has 138 valence electrons. The number of aromatic nitrogens is 1. The molecule has 1 aliphatic rings. The van der Waals surface area contributed by atoms with Crippen LogP contribution in [0.4, 0.5) is 10.8 Å². The lowest BCUT2D eigenvalue weighted by Crippen LogP contribution is -2.46. The van der Waals surface area contributed by atoms with Gasteiger partial charge in [0.2, 0.25) is 0 Å². The van der Waals surface area contributed by atoms with Crippen LogP contribution in [0.15, 0.2) is 42.5 Å². The third kappa shape index (κ3) is 3.50. The molecule has 1 fully saturated rings. The molecule has 7 heteroatoms. The van der Waals surface area contributed by atoms with Crippen LogP contribution in [0.3, 0.4) is 0 Å². The van der Waals surface area contributed by atoms with Crippen molar-refractivity contribution in [2.75, 3.05) is 36.0 Å². The van der Waals surface area contributed by atoms with E-state index in [4.69, 9.17) is 5.11 Å². The summed E-state index contributed by atoms with van der Waals surface area (Å²) < 4.78 is 0.896. The number of ketones is 1. The van der Waals surface area contributed by atoms with Crippen molar-refractivity contribution in [1.82, 2.24) is 4.98 Å². The van der Waals surface area contributed by atoms with Crippen molar-refractivity contribution in [2.45, 2.75) is 6.92 Å². The Hall–Kier alpha value is -2.93. The molecule has 2 aromatic carbocycles. The van der Waals surface area contributed by atoms with Gasteiger partial charge in [-0.25, -0.2) is 9.78 Å². The van der Waals surface area contributed by atoms with Crippen LogP contribution in [-0.4, -0.2) is 48.0 Å². The largest absolute Gasteiger partial charge is 0.478 e. The molecule has 6 nitrogen and oxygen atoms in total. The van der Waals surface area contributed by atoms with Gasteiger partial charge in [0.1, 0.15) is 0 Å². The summed E-state index contributed by atoms with van der Waals surface area (Å²) in [5, 5.41) is 10.1. The second-order valence-electron chi connectivity index (χ2n) is 6.56. The number of benzene rings is 2. The fourth-order valence-electron chi connectivity index (χ4n) is 3.24. The first-order valence-electron chi connectivity index (χ1n) is 8.76. The second-order valence-corrected chi connectivity index (χ2v) is 7.57. The van der Waals surface area contributed by atoms with Gasteiger partial charge >= 0.3 is 5.97 Å². The van der Waals surface area contributed by atoms with E-state index in [1.165, 1.54) is 11.3 Å². The summed E-state index contributed by atoms with van der Waals surface area (Å²) in [5.74, 6) is -0.843. The van der Waals surface area contributed by atoms with Gasteiger partial charge in [0.05, 0.1) is 15.8 Å². The highest BCUT2D eigenvalue weighted by Gasteiger charge is 2.20. The highest BCUT2D eigenvalue weighted by molar-refractivity contribution is 7.22. The monoisotopic (exact) mass is 381 g/mol. The van der Waals surface area contributed by atoms with Gasteiger partial charge in [0, 0.05) is 37.4 Å². The number of nitrogens with zero attached hydrogens (tertiary/aromatic N) is 3. The molecule has 0 atom stereocenters. The predicted octanol–water partition coefficient (Wildman–Crippen LogP) is 3.52. The molecule has 0 amide bonds. The van der Waals surface area contributed by atoms with Crippen molar-refractivity contribution < 1.29 is 14.7 Å². The number of hydrogen-bond acceptors (Lipinski definition) is 6. The maximum Gasteiger partial charge on any atom is 0.335 e. The molecule has 0 spiro atoms. The maximum atomic E-state index is 11.4. The second kappa shape index (κ2) is 7.00. The molecule has 0 aliphatic carbocycles. The Kier molecular flexibility index (Phi) is 4.53. The third-order valence-corrected chi connectivity index (χ3v) is 5.89. The van der Waals surface area contributed by atoms with Crippen molar-refractivity contribution >= 4 is 44.1 Å². The number of hydrogen-bond donors (Lipinski definition) is 1. The average molecular weight is 381 g/mol. The highest BCUT2D eigenvalue weighted by atomic mass is 32.1. The van der Waals surface area contributed by atoms with Gasteiger partial charge in [0.25, 0.3) is 0 Å². The van der Waals surface area contributed by atoms with Crippen molar-refractivity contribution in [1.29, 1.82) is 0 Å². The van der Waals surface area contributed by atoms with Crippen molar-refractivity contribution in [3.05, 3.63) is 53.6 Å². The summed E-state index contributed by atoms with van der Waals surface area (Å²) in [6.07, 6.45) is 0. The van der Waals surface area contributed by atoms with Gasteiger partial charge in [-0.3, -0.25) is 4.79 Å². The minimum absolute atomic E-state index is 0.0771. The summed E-state index contributed by atoms with van der Waals surface area (Å²) >= 11 is 1.53. The number of carbonyl (C=O) groups is 2. The van der Waals surface area contributed by atoms with Crippen LogP contribution < -0.4 is 9.80 Å². The van der Waals surface area contributed by atoms with Gasteiger partial charge in [-0.2, -0.15) is 0 Å². The van der Waals surface area contributed by atoms with E-state index in [1.54, 1.807) is 25.1 Å². The van der Waals surface area contributed by atoms with Crippen LogP contribution in [0.25, 0.3) is 10.2 Å². The molecule has 0 bridgehead atoms. The number of carbonyl (C=O) groups excluding carboxylic acids is 1. The molecular weight excluding hydrogens is 362 g/mol. The maximum absolute atomic E-state index is 11.4. The van der Waals surface area contributed by atoms with Crippen LogP contribution in [0.1, 0.15) is 27.6 Å². The first-order chi connectivity index (χ1) is 13.0. The Morgan fingerprint density at radius 3 is 2.22 bits per heavy atom. The molecule has 1 saturated heterocycles. The van der Waals surface area contributed by atoms with E-state index < -0.39 is 5.97 Å². The summed E-state index contributed by atoms with van der Waals surface area (Å²) in [5.41, 5.74) is 2.97. The smallest absolute Gasteiger partial charge is 0.335 e. The Morgan fingerprint density at radius 1 is 0.963 bits per heavy atom. The van der Waals surface area contributed by atoms with Crippen molar-refractivity contribution in [3.63, 3.8) is 0 Å². The lowest BCUT2D eigenvalue weighted by molar-refractivity contribution is 0.0697. The lowest BCUT2D eigenvalue weighted by atomic mass is 10.1. The van der Waals surface area contributed by atoms with Crippen LogP contribution in [0.5, 0.6) is 0 Å². The van der Waals surface area contributed by atoms with Crippen LogP contribution >= 0.6 is 11.3 Å². The Labute approximate surface area is 160 Å². The summed E-state index contributed by atoms with van der Waals surface area (Å²) in [6, 6.07) is 12.8. The van der Waals surface area contributed by atoms with Gasteiger partial charge < -0.3 is 14.9 Å². The number of thiazole rings is 1. The average Bonchev–Trinajstić information content (AvgIpc) is 3.11. The molecule has 0 radical (unpaired) electrons. The number of fused-ring (bicyclic) bond motifs is 1. The van der Waals surface area contributed by atoms with E-state index in [1.807, 2.05) is 24.3 Å². The van der Waals surface area contributed by atoms with Gasteiger partial charge in [0.15, 0.2) is 10.9 Å². The zero-order valence-electron chi connectivity index (χ0n) is 14.9. The van der Waals surface area contributed by atoms with E-state index in [0.717, 1.165) is 52.8 Å². The van der Waals surface area contributed by atoms with Crippen LogP contribution in [0, 0.1) is 0 Å². The zero-order chi connectivity index (χ0) is 19.0. The topological polar surface area (TPSA) is 73.7 Å².